The Hall–Kier alpha value is -3.27. The van der Waals surface area contributed by atoms with Crippen LogP contribution >= 0.6 is 11.3 Å². The second-order valence-electron chi connectivity index (χ2n) is 6.32. The second kappa shape index (κ2) is 9.49. The molecule has 1 aliphatic rings. The molecule has 0 unspecified atom stereocenters. The summed E-state index contributed by atoms with van der Waals surface area (Å²) in [6.07, 6.45) is 0. The molecular weight excluding hydrogens is 410 g/mol. The van der Waals surface area contributed by atoms with E-state index in [1.54, 1.807) is 32.0 Å². The second-order valence-corrected chi connectivity index (χ2v) is 7.34. The molecule has 0 spiro atoms. The van der Waals surface area contributed by atoms with E-state index >= 15 is 0 Å². The first-order valence-electron chi connectivity index (χ1n) is 9.40. The Balaban J connectivity index is 1.72. The van der Waals surface area contributed by atoms with Crippen LogP contribution in [-0.4, -0.2) is 51.2 Å². The molecule has 1 aromatic heterocycles. The minimum atomic E-state index is -0.587. The lowest BCUT2D eigenvalue weighted by molar-refractivity contribution is -0.114. The zero-order chi connectivity index (χ0) is 21.7. The molecule has 2 aromatic rings. The van der Waals surface area contributed by atoms with Gasteiger partial charge < -0.3 is 30.2 Å². The number of thiophene rings is 1. The Morgan fingerprint density at radius 3 is 2.60 bits per heavy atom. The number of hydrogen-bond acceptors (Lipinski definition) is 8. The molecule has 0 saturated heterocycles. The number of carbonyl (C=O) groups is 3. The van der Waals surface area contributed by atoms with Crippen molar-refractivity contribution in [3.63, 3.8) is 0 Å². The van der Waals surface area contributed by atoms with E-state index in [9.17, 15) is 14.4 Å². The highest BCUT2D eigenvalue weighted by Gasteiger charge is 2.26. The summed E-state index contributed by atoms with van der Waals surface area (Å²) < 4.78 is 16.1. The predicted octanol–water partition coefficient (Wildman–Crippen LogP) is 2.41. The van der Waals surface area contributed by atoms with Crippen LogP contribution in [0.1, 0.15) is 32.5 Å². The normalized spacial score (nSPS) is 12.1. The molecule has 0 fully saturated rings. The van der Waals surface area contributed by atoms with Gasteiger partial charge in [-0.2, -0.15) is 0 Å². The number of nitrogens with one attached hydrogen (secondary N) is 3. The Kier molecular flexibility index (Phi) is 6.78. The summed E-state index contributed by atoms with van der Waals surface area (Å²) in [6.45, 7) is 4.45. The SMILES string of the molecule is CCOC(=O)c1c(NC(=O)CNc2ccc3c(c2)OCCO3)sc(C(=O)NC)c1C. The third-order valence-corrected chi connectivity index (χ3v) is 5.51. The van der Waals surface area contributed by atoms with E-state index in [0.717, 1.165) is 11.3 Å². The minimum absolute atomic E-state index is 0.0475. The minimum Gasteiger partial charge on any atom is -0.486 e. The van der Waals surface area contributed by atoms with E-state index in [2.05, 4.69) is 16.0 Å². The Morgan fingerprint density at radius 2 is 1.90 bits per heavy atom. The number of ether oxygens (including phenoxy) is 3. The fraction of sp³-hybridized carbons (Fsp3) is 0.350. The highest BCUT2D eigenvalue weighted by molar-refractivity contribution is 7.18. The molecule has 160 valence electrons. The number of esters is 1. The first kappa shape index (κ1) is 21.4. The lowest BCUT2D eigenvalue weighted by atomic mass is 10.1. The highest BCUT2D eigenvalue weighted by atomic mass is 32.1. The molecule has 0 saturated carbocycles. The first-order valence-corrected chi connectivity index (χ1v) is 10.2. The third-order valence-electron chi connectivity index (χ3n) is 4.31. The van der Waals surface area contributed by atoms with Gasteiger partial charge in [0.15, 0.2) is 11.5 Å². The van der Waals surface area contributed by atoms with Crippen molar-refractivity contribution in [3.05, 3.63) is 34.2 Å². The molecule has 0 atom stereocenters. The van der Waals surface area contributed by atoms with Crippen LogP contribution in [0.3, 0.4) is 0 Å². The monoisotopic (exact) mass is 433 g/mol. The molecule has 0 radical (unpaired) electrons. The maximum atomic E-state index is 12.5. The summed E-state index contributed by atoms with van der Waals surface area (Å²) in [5.74, 6) is -0.0268. The van der Waals surface area contributed by atoms with Gasteiger partial charge >= 0.3 is 5.97 Å². The van der Waals surface area contributed by atoms with Gasteiger partial charge in [0.2, 0.25) is 5.91 Å². The van der Waals surface area contributed by atoms with E-state index in [0.29, 0.717) is 40.8 Å². The number of benzene rings is 1. The summed E-state index contributed by atoms with van der Waals surface area (Å²) in [6, 6.07) is 5.31. The molecule has 1 aromatic carbocycles. The van der Waals surface area contributed by atoms with Crippen LogP contribution in [0.4, 0.5) is 10.7 Å². The van der Waals surface area contributed by atoms with Gasteiger partial charge in [-0.1, -0.05) is 0 Å². The smallest absolute Gasteiger partial charge is 0.341 e. The van der Waals surface area contributed by atoms with Crippen molar-refractivity contribution < 1.29 is 28.6 Å². The van der Waals surface area contributed by atoms with Gasteiger partial charge in [-0.25, -0.2) is 4.79 Å². The molecule has 10 heteroatoms. The van der Waals surface area contributed by atoms with Crippen molar-refractivity contribution in [3.8, 4) is 11.5 Å². The van der Waals surface area contributed by atoms with Crippen molar-refractivity contribution in [2.24, 2.45) is 0 Å². The molecule has 0 bridgehead atoms. The van der Waals surface area contributed by atoms with E-state index in [1.807, 2.05) is 0 Å². The standard InChI is InChI=1S/C20H23N3O6S/c1-4-27-20(26)16-11(2)17(18(25)21-3)30-19(16)23-15(24)10-22-12-5-6-13-14(9-12)29-8-7-28-13/h5-6,9,22H,4,7-8,10H2,1-3H3,(H,21,25)(H,23,24). The number of anilines is 2. The number of carbonyl (C=O) groups excluding carboxylic acids is 3. The Labute approximate surface area is 177 Å². The predicted molar refractivity (Wildman–Crippen MR) is 113 cm³/mol. The summed E-state index contributed by atoms with van der Waals surface area (Å²) in [4.78, 5) is 37.3. The van der Waals surface area contributed by atoms with E-state index in [-0.39, 0.29) is 35.5 Å². The Morgan fingerprint density at radius 1 is 1.17 bits per heavy atom. The van der Waals surface area contributed by atoms with Crippen molar-refractivity contribution >= 4 is 39.8 Å². The van der Waals surface area contributed by atoms with Crippen LogP contribution in [0, 0.1) is 6.92 Å². The van der Waals surface area contributed by atoms with E-state index in [1.165, 1.54) is 7.05 Å². The number of hydrogen-bond donors (Lipinski definition) is 3. The molecular formula is C20H23N3O6S. The fourth-order valence-corrected chi connectivity index (χ4v) is 4.04. The molecule has 3 N–H and O–H groups in total. The largest absolute Gasteiger partial charge is 0.486 e. The zero-order valence-electron chi connectivity index (χ0n) is 16.9. The first-order chi connectivity index (χ1) is 14.4. The maximum absolute atomic E-state index is 12.5. The maximum Gasteiger partial charge on any atom is 0.341 e. The van der Waals surface area contributed by atoms with Crippen LogP contribution < -0.4 is 25.4 Å². The number of fused-ring (bicyclic) bond motifs is 1. The zero-order valence-corrected chi connectivity index (χ0v) is 17.7. The van der Waals surface area contributed by atoms with Crippen LogP contribution in [0.5, 0.6) is 11.5 Å². The molecule has 9 nitrogen and oxygen atoms in total. The van der Waals surface area contributed by atoms with Crippen LogP contribution in [0.2, 0.25) is 0 Å². The van der Waals surface area contributed by atoms with Gasteiger partial charge in [0, 0.05) is 18.8 Å². The average molecular weight is 433 g/mol. The molecule has 3 rings (SSSR count). The molecule has 30 heavy (non-hydrogen) atoms. The van der Waals surface area contributed by atoms with Crippen molar-refractivity contribution in [1.29, 1.82) is 0 Å². The van der Waals surface area contributed by atoms with Crippen molar-refractivity contribution in [2.75, 3.05) is 44.0 Å². The third kappa shape index (κ3) is 4.65. The van der Waals surface area contributed by atoms with Gasteiger partial charge in [0.1, 0.15) is 18.2 Å². The number of amides is 2. The summed E-state index contributed by atoms with van der Waals surface area (Å²) in [5.41, 5.74) is 1.34. The molecule has 2 heterocycles. The van der Waals surface area contributed by atoms with Crippen LogP contribution in [0.15, 0.2) is 18.2 Å². The lowest BCUT2D eigenvalue weighted by Crippen LogP contribution is -2.22. The van der Waals surface area contributed by atoms with E-state index in [4.69, 9.17) is 14.2 Å². The fourth-order valence-electron chi connectivity index (χ4n) is 2.89. The lowest BCUT2D eigenvalue weighted by Gasteiger charge is -2.19. The Bertz CT molecular complexity index is 972. The van der Waals surface area contributed by atoms with Gasteiger partial charge in [-0.05, 0) is 31.5 Å². The molecule has 0 aliphatic carbocycles. The summed E-state index contributed by atoms with van der Waals surface area (Å²) >= 11 is 1.03. The summed E-state index contributed by atoms with van der Waals surface area (Å²) in [7, 11) is 1.50. The van der Waals surface area contributed by atoms with Crippen molar-refractivity contribution in [2.45, 2.75) is 13.8 Å². The van der Waals surface area contributed by atoms with Crippen LogP contribution in [0.25, 0.3) is 0 Å². The van der Waals surface area contributed by atoms with Gasteiger partial charge in [-0.3, -0.25) is 9.59 Å². The molecule has 2 amide bonds. The van der Waals surface area contributed by atoms with Crippen molar-refractivity contribution in [1.82, 2.24) is 5.32 Å². The summed E-state index contributed by atoms with van der Waals surface area (Å²) in [5, 5.41) is 8.52. The molecule has 1 aliphatic heterocycles. The average Bonchev–Trinajstić information content (AvgIpc) is 3.07. The van der Waals surface area contributed by atoms with Gasteiger partial charge in [0.25, 0.3) is 5.91 Å². The van der Waals surface area contributed by atoms with E-state index < -0.39 is 5.97 Å². The van der Waals surface area contributed by atoms with Crippen LogP contribution in [-0.2, 0) is 9.53 Å². The van der Waals surface area contributed by atoms with Gasteiger partial charge in [-0.15, -0.1) is 11.3 Å². The highest BCUT2D eigenvalue weighted by Crippen LogP contribution is 2.34. The quantitative estimate of drug-likeness (QED) is 0.575. The topological polar surface area (TPSA) is 115 Å². The number of rotatable bonds is 7. The van der Waals surface area contributed by atoms with Gasteiger partial charge in [0.05, 0.1) is 23.6 Å².